The highest BCUT2D eigenvalue weighted by Gasteiger charge is 2.19. The lowest BCUT2D eigenvalue weighted by atomic mass is 9.95. The zero-order valence-electron chi connectivity index (χ0n) is 7.74. The Morgan fingerprint density at radius 2 is 1.92 bits per heavy atom. The predicted molar refractivity (Wildman–Crippen MR) is 55.4 cm³/mol. The first kappa shape index (κ1) is 10.1. The van der Waals surface area contributed by atoms with Crippen molar-refractivity contribution in [2.75, 3.05) is 6.26 Å². The molecule has 0 aromatic heterocycles. The van der Waals surface area contributed by atoms with Gasteiger partial charge in [-0.2, -0.15) is 5.26 Å². The Balaban J connectivity index is 3.00. The Hall–Kier alpha value is -0.980. The minimum Gasteiger partial charge on any atom is -0.310 e. The monoisotopic (exact) mass is 192 g/mol. The molecule has 0 bridgehead atoms. The average Bonchev–Trinajstić information content (AvgIpc) is 2.18. The Morgan fingerprint density at radius 1 is 1.38 bits per heavy atom. The zero-order chi connectivity index (χ0) is 9.90. The molecule has 0 saturated heterocycles. The van der Waals surface area contributed by atoms with E-state index in [1.807, 2.05) is 30.5 Å². The van der Waals surface area contributed by atoms with Crippen LogP contribution in [0.1, 0.15) is 12.5 Å². The van der Waals surface area contributed by atoms with Crippen LogP contribution in [0.2, 0.25) is 0 Å². The molecule has 2 N–H and O–H groups in total. The predicted octanol–water partition coefficient (Wildman–Crippen LogP) is 2.11. The second-order valence-electron chi connectivity index (χ2n) is 3.04. The Bertz CT molecular complexity index is 322. The number of rotatable bonds is 2. The van der Waals surface area contributed by atoms with Crippen molar-refractivity contribution in [3.05, 3.63) is 29.8 Å². The third kappa shape index (κ3) is 2.24. The van der Waals surface area contributed by atoms with Crippen LogP contribution in [0.3, 0.4) is 0 Å². The Labute approximate surface area is 82.7 Å². The number of hydrogen-bond acceptors (Lipinski definition) is 3. The first-order valence-corrected chi connectivity index (χ1v) is 5.17. The second-order valence-corrected chi connectivity index (χ2v) is 3.92. The van der Waals surface area contributed by atoms with Crippen molar-refractivity contribution in [2.24, 2.45) is 5.73 Å². The summed E-state index contributed by atoms with van der Waals surface area (Å²) in [5, 5.41) is 8.79. The molecule has 0 heterocycles. The summed E-state index contributed by atoms with van der Waals surface area (Å²) in [6, 6.07) is 9.81. The van der Waals surface area contributed by atoms with E-state index in [1.165, 1.54) is 4.90 Å². The van der Waals surface area contributed by atoms with Crippen LogP contribution in [0, 0.1) is 11.3 Å². The van der Waals surface area contributed by atoms with Crippen LogP contribution in [0.25, 0.3) is 0 Å². The van der Waals surface area contributed by atoms with Crippen molar-refractivity contribution in [3.63, 3.8) is 0 Å². The number of thioether (sulfide) groups is 1. The molecule has 1 aromatic carbocycles. The molecule has 0 amide bonds. The van der Waals surface area contributed by atoms with Gasteiger partial charge in [-0.3, -0.25) is 0 Å². The van der Waals surface area contributed by atoms with Gasteiger partial charge in [0.2, 0.25) is 0 Å². The lowest BCUT2D eigenvalue weighted by molar-refractivity contribution is 0.646. The summed E-state index contributed by atoms with van der Waals surface area (Å²) >= 11 is 1.67. The smallest absolute Gasteiger partial charge is 0.126 e. The highest BCUT2D eigenvalue weighted by atomic mass is 32.2. The van der Waals surface area contributed by atoms with Gasteiger partial charge in [0, 0.05) is 4.90 Å². The van der Waals surface area contributed by atoms with Gasteiger partial charge in [0.05, 0.1) is 6.07 Å². The van der Waals surface area contributed by atoms with E-state index in [0.29, 0.717) is 0 Å². The SMILES string of the molecule is CSc1ccc(C(C)(N)C#N)cc1. The summed E-state index contributed by atoms with van der Waals surface area (Å²) < 4.78 is 0. The second kappa shape index (κ2) is 3.82. The summed E-state index contributed by atoms with van der Waals surface area (Å²) in [6.45, 7) is 1.71. The molecule has 1 aromatic rings. The van der Waals surface area contributed by atoms with Crippen LogP contribution in [0.5, 0.6) is 0 Å². The maximum absolute atomic E-state index is 8.79. The standard InChI is InChI=1S/C10H12N2S/c1-10(12,7-11)8-3-5-9(13-2)6-4-8/h3-6H,12H2,1-2H3. The summed E-state index contributed by atoms with van der Waals surface area (Å²) in [7, 11) is 0. The van der Waals surface area contributed by atoms with Crippen molar-refractivity contribution in [1.82, 2.24) is 0 Å². The fourth-order valence-corrected chi connectivity index (χ4v) is 1.41. The molecular formula is C10H12N2S. The lowest BCUT2D eigenvalue weighted by Crippen LogP contribution is -2.30. The summed E-state index contributed by atoms with van der Waals surface area (Å²) in [4.78, 5) is 1.18. The molecule has 0 spiro atoms. The zero-order valence-corrected chi connectivity index (χ0v) is 8.56. The van der Waals surface area contributed by atoms with Crippen LogP contribution in [0.4, 0.5) is 0 Å². The molecule has 13 heavy (non-hydrogen) atoms. The molecule has 0 radical (unpaired) electrons. The van der Waals surface area contributed by atoms with Gasteiger partial charge in [-0.15, -0.1) is 11.8 Å². The van der Waals surface area contributed by atoms with Crippen molar-refractivity contribution >= 4 is 11.8 Å². The largest absolute Gasteiger partial charge is 0.310 e. The van der Waals surface area contributed by atoms with Crippen LogP contribution in [0.15, 0.2) is 29.2 Å². The first-order chi connectivity index (χ1) is 6.10. The van der Waals surface area contributed by atoms with Crippen LogP contribution in [-0.4, -0.2) is 6.26 Å². The van der Waals surface area contributed by atoms with Gasteiger partial charge < -0.3 is 5.73 Å². The van der Waals surface area contributed by atoms with E-state index >= 15 is 0 Å². The molecule has 2 nitrogen and oxygen atoms in total. The van der Waals surface area contributed by atoms with Crippen molar-refractivity contribution < 1.29 is 0 Å². The van der Waals surface area contributed by atoms with Gasteiger partial charge in [0.25, 0.3) is 0 Å². The molecule has 3 heteroatoms. The molecule has 0 aliphatic carbocycles. The van der Waals surface area contributed by atoms with E-state index in [2.05, 4.69) is 6.07 Å². The van der Waals surface area contributed by atoms with Gasteiger partial charge in [0.15, 0.2) is 0 Å². The Kier molecular flexibility index (Phi) is 2.97. The number of benzene rings is 1. The maximum atomic E-state index is 8.79. The van der Waals surface area contributed by atoms with Crippen molar-refractivity contribution in [1.29, 1.82) is 5.26 Å². The number of nitrogens with zero attached hydrogens (tertiary/aromatic N) is 1. The maximum Gasteiger partial charge on any atom is 0.126 e. The van der Waals surface area contributed by atoms with E-state index in [0.717, 1.165) is 5.56 Å². The van der Waals surface area contributed by atoms with Gasteiger partial charge in [-0.25, -0.2) is 0 Å². The topological polar surface area (TPSA) is 49.8 Å². The van der Waals surface area contributed by atoms with Crippen molar-refractivity contribution in [2.45, 2.75) is 17.4 Å². The number of nitriles is 1. The fourth-order valence-electron chi connectivity index (χ4n) is 1.00. The summed E-state index contributed by atoms with van der Waals surface area (Å²) in [5.41, 5.74) is 5.74. The fraction of sp³-hybridized carbons (Fsp3) is 0.300. The molecule has 0 aliphatic rings. The minimum atomic E-state index is -0.878. The van der Waals surface area contributed by atoms with Crippen molar-refractivity contribution in [3.8, 4) is 6.07 Å². The van der Waals surface area contributed by atoms with Crippen LogP contribution >= 0.6 is 11.8 Å². The number of hydrogen-bond donors (Lipinski definition) is 1. The third-order valence-electron chi connectivity index (χ3n) is 1.92. The summed E-state index contributed by atoms with van der Waals surface area (Å²) in [5.74, 6) is 0. The van der Waals surface area contributed by atoms with E-state index in [4.69, 9.17) is 11.0 Å². The molecule has 0 aliphatic heterocycles. The van der Waals surface area contributed by atoms with Crippen LogP contribution in [-0.2, 0) is 5.54 Å². The normalized spacial score (nSPS) is 14.6. The average molecular weight is 192 g/mol. The highest BCUT2D eigenvalue weighted by Crippen LogP contribution is 2.20. The number of nitrogens with two attached hydrogens (primary N) is 1. The quantitative estimate of drug-likeness (QED) is 0.730. The first-order valence-electron chi connectivity index (χ1n) is 3.95. The highest BCUT2D eigenvalue weighted by molar-refractivity contribution is 7.98. The van der Waals surface area contributed by atoms with E-state index in [9.17, 15) is 0 Å². The Morgan fingerprint density at radius 3 is 2.31 bits per heavy atom. The molecular weight excluding hydrogens is 180 g/mol. The van der Waals surface area contributed by atoms with Gasteiger partial charge in [-0.05, 0) is 30.9 Å². The molecule has 1 atom stereocenters. The van der Waals surface area contributed by atoms with Gasteiger partial charge >= 0.3 is 0 Å². The van der Waals surface area contributed by atoms with E-state index in [-0.39, 0.29) is 0 Å². The third-order valence-corrected chi connectivity index (χ3v) is 2.67. The van der Waals surface area contributed by atoms with Crippen LogP contribution < -0.4 is 5.73 Å². The summed E-state index contributed by atoms with van der Waals surface area (Å²) in [6.07, 6.45) is 2.01. The minimum absolute atomic E-state index is 0.854. The molecule has 0 saturated carbocycles. The molecule has 1 unspecified atom stereocenters. The van der Waals surface area contributed by atoms with E-state index < -0.39 is 5.54 Å². The molecule has 68 valence electrons. The van der Waals surface area contributed by atoms with E-state index in [1.54, 1.807) is 18.7 Å². The lowest BCUT2D eigenvalue weighted by Gasteiger charge is -2.15. The van der Waals surface area contributed by atoms with Gasteiger partial charge in [-0.1, -0.05) is 12.1 Å². The van der Waals surface area contributed by atoms with Gasteiger partial charge in [0.1, 0.15) is 5.54 Å². The molecule has 1 rings (SSSR count). The molecule has 0 fully saturated rings.